The first kappa shape index (κ1) is 15.9. The molecular weight excluding hydrogens is 326 g/mol. The van der Waals surface area contributed by atoms with E-state index < -0.39 is 0 Å². The maximum absolute atomic E-state index is 14.4. The lowest BCUT2D eigenvalue weighted by Gasteiger charge is -2.32. The minimum absolute atomic E-state index is 0.207. The van der Waals surface area contributed by atoms with E-state index in [4.69, 9.17) is 4.52 Å². The Balaban J connectivity index is 1.53. The second-order valence-corrected chi connectivity index (χ2v) is 6.28. The number of anilines is 1. The van der Waals surface area contributed by atoms with Crippen LogP contribution < -0.4 is 4.90 Å². The number of halogens is 2. The Bertz CT molecular complexity index is 903. The van der Waals surface area contributed by atoms with E-state index in [0.29, 0.717) is 36.6 Å². The zero-order valence-corrected chi connectivity index (χ0v) is 13.9. The molecule has 5 nitrogen and oxygen atoms in total. The largest absolute Gasteiger partial charge is 0.356 e. The Kier molecular flexibility index (Phi) is 4.07. The van der Waals surface area contributed by atoms with Gasteiger partial charge in [0.15, 0.2) is 17.2 Å². The first-order chi connectivity index (χ1) is 12.2. The number of piperidine rings is 1. The average Bonchev–Trinajstić information content (AvgIpc) is 3.05. The Morgan fingerprint density at radius 1 is 1.20 bits per heavy atom. The van der Waals surface area contributed by atoms with Crippen molar-refractivity contribution in [3.63, 3.8) is 0 Å². The van der Waals surface area contributed by atoms with Gasteiger partial charge in [0.05, 0.1) is 11.4 Å². The number of aromatic nitrogens is 3. The molecule has 1 aliphatic rings. The summed E-state index contributed by atoms with van der Waals surface area (Å²) >= 11 is 0. The summed E-state index contributed by atoms with van der Waals surface area (Å²) in [6, 6.07) is 4.48. The molecule has 1 aromatic carbocycles. The van der Waals surface area contributed by atoms with Crippen LogP contribution in [0.5, 0.6) is 0 Å². The van der Waals surface area contributed by atoms with Crippen LogP contribution in [-0.4, -0.2) is 28.2 Å². The van der Waals surface area contributed by atoms with Crippen molar-refractivity contribution in [1.29, 1.82) is 0 Å². The van der Waals surface area contributed by atoms with Crippen molar-refractivity contribution in [2.45, 2.75) is 32.1 Å². The fourth-order valence-electron chi connectivity index (χ4n) is 3.45. The molecule has 0 atom stereocenters. The molecule has 0 radical (unpaired) electrons. The van der Waals surface area contributed by atoms with Crippen LogP contribution in [-0.2, 0) is 6.42 Å². The van der Waals surface area contributed by atoms with Gasteiger partial charge in [-0.15, -0.1) is 0 Å². The van der Waals surface area contributed by atoms with Gasteiger partial charge in [0.25, 0.3) is 0 Å². The van der Waals surface area contributed by atoms with Crippen molar-refractivity contribution in [3.8, 4) is 0 Å². The van der Waals surface area contributed by atoms with Gasteiger partial charge in [0.1, 0.15) is 12.1 Å². The highest BCUT2D eigenvalue weighted by Gasteiger charge is 2.27. The minimum atomic E-state index is -0.337. The normalized spacial score (nSPS) is 15.9. The van der Waals surface area contributed by atoms with E-state index in [1.54, 1.807) is 6.07 Å². The van der Waals surface area contributed by atoms with Crippen molar-refractivity contribution in [3.05, 3.63) is 47.5 Å². The first-order valence-corrected chi connectivity index (χ1v) is 8.46. The number of fused-ring (bicyclic) bond motifs is 1. The topological polar surface area (TPSA) is 55.1 Å². The van der Waals surface area contributed by atoms with E-state index >= 15 is 0 Å². The Labute approximate surface area is 143 Å². The monoisotopic (exact) mass is 344 g/mol. The Morgan fingerprint density at radius 2 is 2.00 bits per heavy atom. The number of aryl methyl sites for hydroxylation is 1. The van der Waals surface area contributed by atoms with Gasteiger partial charge in [-0.2, -0.15) is 0 Å². The number of benzene rings is 1. The highest BCUT2D eigenvalue weighted by Crippen LogP contribution is 2.34. The molecule has 1 fully saturated rings. The van der Waals surface area contributed by atoms with Crippen molar-refractivity contribution >= 4 is 16.8 Å². The van der Waals surface area contributed by atoms with Crippen LogP contribution in [0.4, 0.5) is 14.6 Å². The maximum Gasteiger partial charge on any atom is 0.187 e. The zero-order valence-electron chi connectivity index (χ0n) is 13.9. The number of hydrogen-bond donors (Lipinski definition) is 0. The van der Waals surface area contributed by atoms with Gasteiger partial charge in [-0.25, -0.2) is 18.7 Å². The molecule has 0 aliphatic carbocycles. The van der Waals surface area contributed by atoms with Crippen molar-refractivity contribution < 1.29 is 13.3 Å². The molecule has 3 aromatic rings. The van der Waals surface area contributed by atoms with Gasteiger partial charge >= 0.3 is 0 Å². The van der Waals surface area contributed by atoms with Gasteiger partial charge < -0.3 is 9.42 Å². The van der Waals surface area contributed by atoms with Crippen LogP contribution in [0.2, 0.25) is 0 Å². The van der Waals surface area contributed by atoms with Crippen LogP contribution in [0.25, 0.3) is 11.0 Å². The van der Waals surface area contributed by atoms with E-state index in [1.807, 2.05) is 11.8 Å². The summed E-state index contributed by atoms with van der Waals surface area (Å²) in [5, 5.41) is 4.99. The Hall–Kier alpha value is -2.57. The van der Waals surface area contributed by atoms with E-state index in [0.717, 1.165) is 23.9 Å². The number of nitrogens with zero attached hydrogens (tertiary/aromatic N) is 4. The van der Waals surface area contributed by atoms with E-state index in [-0.39, 0.29) is 17.6 Å². The number of rotatable bonds is 3. The van der Waals surface area contributed by atoms with E-state index in [9.17, 15) is 8.78 Å². The van der Waals surface area contributed by atoms with E-state index in [1.165, 1.54) is 18.5 Å². The molecular formula is C18H18F2N4O. The third-order valence-corrected chi connectivity index (χ3v) is 4.82. The molecule has 2 aromatic heterocycles. The molecule has 130 valence electrons. The predicted octanol–water partition coefficient (Wildman–Crippen LogP) is 3.84. The standard InChI is InChI=1S/C18H18F2N4O/c1-2-14-16(20)18(22-10-21-14)24-7-5-11(6-8-24)17-13-4-3-12(19)9-15(13)25-23-17/h3-4,9-11H,2,5-8H2,1H3. The first-order valence-electron chi connectivity index (χ1n) is 8.46. The summed E-state index contributed by atoms with van der Waals surface area (Å²) in [4.78, 5) is 10.1. The van der Waals surface area contributed by atoms with Crippen LogP contribution in [0.15, 0.2) is 29.0 Å². The van der Waals surface area contributed by atoms with Crippen LogP contribution in [0.1, 0.15) is 37.1 Å². The third kappa shape index (κ3) is 2.83. The summed E-state index contributed by atoms with van der Waals surface area (Å²) in [7, 11) is 0. The second-order valence-electron chi connectivity index (χ2n) is 6.28. The fourth-order valence-corrected chi connectivity index (χ4v) is 3.45. The van der Waals surface area contributed by atoms with E-state index in [2.05, 4.69) is 15.1 Å². The predicted molar refractivity (Wildman–Crippen MR) is 89.5 cm³/mol. The van der Waals surface area contributed by atoms with Gasteiger partial charge in [-0.1, -0.05) is 12.1 Å². The molecule has 0 unspecified atom stereocenters. The molecule has 7 heteroatoms. The van der Waals surface area contributed by atoms with Crippen LogP contribution in [0, 0.1) is 11.6 Å². The lowest BCUT2D eigenvalue weighted by atomic mass is 9.91. The second kappa shape index (κ2) is 6.38. The SMILES string of the molecule is CCc1ncnc(N2CCC(c3noc4cc(F)ccc34)CC2)c1F. The summed E-state index contributed by atoms with van der Waals surface area (Å²) in [5.41, 5.74) is 1.76. The smallest absolute Gasteiger partial charge is 0.187 e. The molecule has 0 N–H and O–H groups in total. The van der Waals surface area contributed by atoms with Crippen LogP contribution in [0.3, 0.4) is 0 Å². The molecule has 0 spiro atoms. The van der Waals surface area contributed by atoms with Crippen LogP contribution >= 0.6 is 0 Å². The molecule has 1 aliphatic heterocycles. The summed E-state index contributed by atoms with van der Waals surface area (Å²) in [6.45, 7) is 3.23. The van der Waals surface area contributed by atoms with Crippen molar-refractivity contribution in [1.82, 2.24) is 15.1 Å². The minimum Gasteiger partial charge on any atom is -0.356 e. The molecule has 0 saturated carbocycles. The summed E-state index contributed by atoms with van der Waals surface area (Å²) < 4.78 is 33.0. The Morgan fingerprint density at radius 3 is 2.76 bits per heavy atom. The molecule has 1 saturated heterocycles. The summed E-state index contributed by atoms with van der Waals surface area (Å²) in [5.74, 6) is -0.0855. The molecule has 3 heterocycles. The van der Waals surface area contributed by atoms with Gasteiger partial charge in [0, 0.05) is 30.5 Å². The van der Waals surface area contributed by atoms with Gasteiger partial charge in [0.2, 0.25) is 0 Å². The molecule has 0 amide bonds. The highest BCUT2D eigenvalue weighted by molar-refractivity contribution is 5.80. The third-order valence-electron chi connectivity index (χ3n) is 4.82. The van der Waals surface area contributed by atoms with Crippen molar-refractivity contribution in [2.75, 3.05) is 18.0 Å². The quantitative estimate of drug-likeness (QED) is 0.722. The summed E-state index contributed by atoms with van der Waals surface area (Å²) in [6.07, 6.45) is 3.58. The fraction of sp³-hybridized carbons (Fsp3) is 0.389. The molecule has 4 rings (SSSR count). The lowest BCUT2D eigenvalue weighted by Crippen LogP contribution is -2.34. The highest BCUT2D eigenvalue weighted by atomic mass is 19.1. The van der Waals surface area contributed by atoms with Gasteiger partial charge in [-0.05, 0) is 31.4 Å². The maximum atomic E-state index is 14.4. The molecule has 25 heavy (non-hydrogen) atoms. The molecule has 0 bridgehead atoms. The van der Waals surface area contributed by atoms with Gasteiger partial charge in [-0.3, -0.25) is 0 Å². The number of hydrogen-bond acceptors (Lipinski definition) is 5. The van der Waals surface area contributed by atoms with Crippen molar-refractivity contribution in [2.24, 2.45) is 0 Å². The average molecular weight is 344 g/mol. The lowest BCUT2D eigenvalue weighted by molar-refractivity contribution is 0.414. The zero-order chi connectivity index (χ0) is 17.4.